The zero-order chi connectivity index (χ0) is 22.8. The van der Waals surface area contributed by atoms with Gasteiger partial charge in [-0.05, 0) is 43.9 Å². The Morgan fingerprint density at radius 1 is 1.16 bits per heavy atom. The molecule has 1 aliphatic heterocycles. The van der Waals surface area contributed by atoms with Gasteiger partial charge in [-0.2, -0.15) is 0 Å². The summed E-state index contributed by atoms with van der Waals surface area (Å²) in [5.74, 6) is 0.413. The molecule has 2 atom stereocenters. The molecule has 0 unspecified atom stereocenters. The van der Waals surface area contributed by atoms with Crippen molar-refractivity contribution in [2.75, 3.05) is 26.3 Å². The molecule has 2 heterocycles. The minimum atomic E-state index is -0.182. The van der Waals surface area contributed by atoms with E-state index in [1.807, 2.05) is 56.3 Å². The fraction of sp³-hybridized carbons (Fsp3) is 0.520. The van der Waals surface area contributed by atoms with Gasteiger partial charge in [0.2, 0.25) is 11.8 Å². The molecule has 1 aromatic carbocycles. The summed E-state index contributed by atoms with van der Waals surface area (Å²) in [5, 5.41) is 0. The van der Waals surface area contributed by atoms with E-state index in [-0.39, 0.29) is 37.1 Å². The first kappa shape index (κ1) is 24.0. The highest BCUT2D eigenvalue weighted by atomic mass is 16.5. The van der Waals surface area contributed by atoms with E-state index in [9.17, 15) is 9.59 Å². The summed E-state index contributed by atoms with van der Waals surface area (Å²) < 4.78 is 16.8. The lowest BCUT2D eigenvalue weighted by Gasteiger charge is -2.31. The normalized spacial score (nSPS) is 16.6. The molecule has 2 amide bonds. The topological polar surface area (TPSA) is 72.2 Å². The minimum Gasteiger partial charge on any atom is -0.467 e. The number of carbonyl (C=O) groups excluding carboxylic acids is 2. The first-order valence-corrected chi connectivity index (χ1v) is 11.4. The van der Waals surface area contributed by atoms with Crippen molar-refractivity contribution in [2.24, 2.45) is 0 Å². The van der Waals surface area contributed by atoms with E-state index in [2.05, 4.69) is 0 Å². The Bertz CT molecular complexity index is 818. The van der Waals surface area contributed by atoms with Crippen molar-refractivity contribution in [1.29, 1.82) is 0 Å². The first-order valence-electron chi connectivity index (χ1n) is 11.4. The number of benzene rings is 1. The Labute approximate surface area is 190 Å². The van der Waals surface area contributed by atoms with Crippen LogP contribution < -0.4 is 0 Å². The average Bonchev–Trinajstić information content (AvgIpc) is 3.51. The lowest BCUT2D eigenvalue weighted by atomic mass is 10.2. The van der Waals surface area contributed by atoms with E-state index in [0.29, 0.717) is 25.5 Å². The standard InChI is InChI=1S/C25H34N2O5/c1-3-20(2)27(25(29)19-30-18-21-9-5-4-6-10-21)17-24(28)26(15-22-11-7-13-31-22)16-23-12-8-14-32-23/h4-7,9-11,13,20,23H,3,8,12,14-19H2,1-2H3/t20-,23+/m1/s1. The minimum absolute atomic E-state index is 0.00989. The molecule has 1 aliphatic rings. The van der Waals surface area contributed by atoms with Crippen LogP contribution in [0.2, 0.25) is 0 Å². The molecule has 0 saturated carbocycles. The molecular weight excluding hydrogens is 408 g/mol. The number of amides is 2. The number of rotatable bonds is 12. The highest BCUT2D eigenvalue weighted by molar-refractivity contribution is 5.85. The predicted octanol–water partition coefficient (Wildman–Crippen LogP) is 3.63. The summed E-state index contributed by atoms with van der Waals surface area (Å²) in [4.78, 5) is 29.6. The number of ether oxygens (including phenoxy) is 2. The molecule has 174 valence electrons. The fourth-order valence-electron chi connectivity index (χ4n) is 3.75. The van der Waals surface area contributed by atoms with Crippen molar-refractivity contribution in [3.8, 4) is 0 Å². The largest absolute Gasteiger partial charge is 0.467 e. The summed E-state index contributed by atoms with van der Waals surface area (Å²) in [6.07, 6.45) is 4.31. The molecular formula is C25H34N2O5. The van der Waals surface area contributed by atoms with Crippen LogP contribution in [0.3, 0.4) is 0 Å². The maximum atomic E-state index is 13.3. The summed E-state index contributed by atoms with van der Waals surface area (Å²) in [6, 6.07) is 13.3. The van der Waals surface area contributed by atoms with Gasteiger partial charge in [0.1, 0.15) is 18.9 Å². The van der Waals surface area contributed by atoms with E-state index in [4.69, 9.17) is 13.9 Å². The molecule has 0 spiro atoms. The number of hydrogen-bond donors (Lipinski definition) is 0. The van der Waals surface area contributed by atoms with Crippen LogP contribution in [-0.4, -0.2) is 60.1 Å². The van der Waals surface area contributed by atoms with Crippen LogP contribution in [-0.2, 0) is 32.2 Å². The van der Waals surface area contributed by atoms with E-state index < -0.39 is 0 Å². The van der Waals surface area contributed by atoms with Crippen LogP contribution >= 0.6 is 0 Å². The molecule has 0 radical (unpaired) electrons. The zero-order valence-electron chi connectivity index (χ0n) is 19.1. The monoisotopic (exact) mass is 442 g/mol. The fourth-order valence-corrected chi connectivity index (χ4v) is 3.75. The summed E-state index contributed by atoms with van der Waals surface area (Å²) in [6.45, 7) is 5.85. The van der Waals surface area contributed by atoms with Crippen molar-refractivity contribution >= 4 is 11.8 Å². The second-order valence-corrected chi connectivity index (χ2v) is 8.25. The van der Waals surface area contributed by atoms with Crippen LogP contribution in [0.1, 0.15) is 44.4 Å². The van der Waals surface area contributed by atoms with Gasteiger partial charge in [0.25, 0.3) is 0 Å². The van der Waals surface area contributed by atoms with Gasteiger partial charge in [-0.15, -0.1) is 0 Å². The molecule has 0 aliphatic carbocycles. The first-order chi connectivity index (χ1) is 15.6. The maximum Gasteiger partial charge on any atom is 0.249 e. The second kappa shape index (κ2) is 12.4. The third kappa shape index (κ3) is 7.21. The van der Waals surface area contributed by atoms with Crippen molar-refractivity contribution in [2.45, 2.75) is 58.4 Å². The van der Waals surface area contributed by atoms with E-state index in [0.717, 1.165) is 31.4 Å². The van der Waals surface area contributed by atoms with Gasteiger partial charge in [0, 0.05) is 19.2 Å². The number of furan rings is 1. The van der Waals surface area contributed by atoms with Gasteiger partial charge in [-0.1, -0.05) is 37.3 Å². The molecule has 7 heteroatoms. The van der Waals surface area contributed by atoms with Gasteiger partial charge in [0.15, 0.2) is 0 Å². The molecule has 1 fully saturated rings. The maximum absolute atomic E-state index is 13.3. The van der Waals surface area contributed by atoms with Crippen LogP contribution in [0.25, 0.3) is 0 Å². The number of hydrogen-bond acceptors (Lipinski definition) is 5. The molecule has 7 nitrogen and oxygen atoms in total. The zero-order valence-corrected chi connectivity index (χ0v) is 19.1. The average molecular weight is 443 g/mol. The lowest BCUT2D eigenvalue weighted by Crippen LogP contribution is -2.48. The molecule has 1 saturated heterocycles. The van der Waals surface area contributed by atoms with E-state index in [1.165, 1.54) is 0 Å². The quantitative estimate of drug-likeness (QED) is 0.502. The summed E-state index contributed by atoms with van der Waals surface area (Å²) in [7, 11) is 0. The molecule has 2 aromatic rings. The van der Waals surface area contributed by atoms with Crippen molar-refractivity contribution in [3.05, 3.63) is 60.1 Å². The SMILES string of the molecule is CC[C@@H](C)N(CC(=O)N(Cc1ccco1)C[C@@H]1CCCO1)C(=O)COCc1ccccc1. The Hall–Kier alpha value is -2.64. The third-order valence-corrected chi connectivity index (χ3v) is 5.81. The predicted molar refractivity (Wildman–Crippen MR) is 121 cm³/mol. The van der Waals surface area contributed by atoms with Gasteiger partial charge in [0.05, 0.1) is 25.5 Å². The lowest BCUT2D eigenvalue weighted by molar-refractivity contribution is -0.146. The van der Waals surface area contributed by atoms with Gasteiger partial charge in [-0.3, -0.25) is 9.59 Å². The van der Waals surface area contributed by atoms with Crippen LogP contribution in [0.5, 0.6) is 0 Å². The van der Waals surface area contributed by atoms with Crippen molar-refractivity contribution < 1.29 is 23.5 Å². The molecule has 3 rings (SSSR count). The Morgan fingerprint density at radius 3 is 2.62 bits per heavy atom. The molecule has 1 aromatic heterocycles. The van der Waals surface area contributed by atoms with Crippen LogP contribution in [0.4, 0.5) is 0 Å². The number of nitrogens with zero attached hydrogens (tertiary/aromatic N) is 2. The van der Waals surface area contributed by atoms with Crippen molar-refractivity contribution in [3.63, 3.8) is 0 Å². The summed E-state index contributed by atoms with van der Waals surface area (Å²) >= 11 is 0. The van der Waals surface area contributed by atoms with Crippen LogP contribution in [0.15, 0.2) is 53.1 Å². The Balaban J connectivity index is 1.61. The molecule has 0 bridgehead atoms. The highest BCUT2D eigenvalue weighted by Crippen LogP contribution is 2.16. The van der Waals surface area contributed by atoms with E-state index in [1.54, 1.807) is 16.1 Å². The van der Waals surface area contributed by atoms with Crippen molar-refractivity contribution in [1.82, 2.24) is 9.80 Å². The van der Waals surface area contributed by atoms with E-state index >= 15 is 0 Å². The van der Waals surface area contributed by atoms with Gasteiger partial charge in [-0.25, -0.2) is 0 Å². The molecule has 32 heavy (non-hydrogen) atoms. The smallest absolute Gasteiger partial charge is 0.249 e. The van der Waals surface area contributed by atoms with Gasteiger partial charge < -0.3 is 23.7 Å². The van der Waals surface area contributed by atoms with Gasteiger partial charge >= 0.3 is 0 Å². The molecule has 0 N–H and O–H groups in total. The summed E-state index contributed by atoms with van der Waals surface area (Å²) in [5.41, 5.74) is 1.01. The number of carbonyl (C=O) groups is 2. The second-order valence-electron chi connectivity index (χ2n) is 8.25. The third-order valence-electron chi connectivity index (χ3n) is 5.81. The van der Waals surface area contributed by atoms with Crippen LogP contribution in [0, 0.1) is 0 Å². The Kier molecular flexibility index (Phi) is 9.31. The Morgan fingerprint density at radius 2 is 1.97 bits per heavy atom. The highest BCUT2D eigenvalue weighted by Gasteiger charge is 2.28.